The van der Waals surface area contributed by atoms with Gasteiger partial charge in [0.25, 0.3) is 0 Å². The van der Waals surface area contributed by atoms with Crippen molar-refractivity contribution in [2.24, 2.45) is 11.8 Å². The fourth-order valence-electron chi connectivity index (χ4n) is 5.53. The summed E-state index contributed by atoms with van der Waals surface area (Å²) in [6.07, 6.45) is 2.66. The van der Waals surface area contributed by atoms with E-state index in [1.54, 1.807) is 32.0 Å². The lowest BCUT2D eigenvalue weighted by Gasteiger charge is -2.26. The zero-order chi connectivity index (χ0) is 32.3. The molecule has 2 aromatic heterocycles. The minimum absolute atomic E-state index is 0.188. The maximum absolute atomic E-state index is 13.5. The molecule has 2 aliphatic rings. The molecule has 2 atom stereocenters. The van der Waals surface area contributed by atoms with E-state index in [0.29, 0.717) is 65.9 Å². The van der Waals surface area contributed by atoms with Crippen molar-refractivity contribution >= 4 is 50.0 Å². The molecular weight excluding hydrogens is 635 g/mol. The van der Waals surface area contributed by atoms with E-state index < -0.39 is 21.2 Å². The van der Waals surface area contributed by atoms with Crippen LogP contribution in [0.2, 0.25) is 0 Å². The first-order chi connectivity index (χ1) is 21.5. The van der Waals surface area contributed by atoms with Crippen molar-refractivity contribution in [3.8, 4) is 11.4 Å². The summed E-state index contributed by atoms with van der Waals surface area (Å²) in [5.41, 5.74) is 2.09. The number of esters is 1. The largest absolute Gasteiger partial charge is 0.462 e. The van der Waals surface area contributed by atoms with Gasteiger partial charge in [-0.3, -0.25) is 4.79 Å². The molecule has 244 valence electrons. The Morgan fingerprint density at radius 2 is 1.96 bits per heavy atom. The van der Waals surface area contributed by atoms with Crippen LogP contribution in [0.4, 0.5) is 5.00 Å². The number of sulfonamides is 1. The highest BCUT2D eigenvalue weighted by molar-refractivity contribution is 8.00. The summed E-state index contributed by atoms with van der Waals surface area (Å²) in [6, 6.07) is 6.75. The van der Waals surface area contributed by atoms with Crippen LogP contribution in [0.25, 0.3) is 11.4 Å². The van der Waals surface area contributed by atoms with Crippen molar-refractivity contribution in [2.45, 2.75) is 75.7 Å². The van der Waals surface area contributed by atoms with Gasteiger partial charge in [0, 0.05) is 30.1 Å². The molecule has 3 aromatic rings. The Kier molecular flexibility index (Phi) is 10.7. The van der Waals surface area contributed by atoms with Crippen LogP contribution >= 0.6 is 23.1 Å². The first-order valence-electron chi connectivity index (χ1n) is 15.4. The van der Waals surface area contributed by atoms with E-state index >= 15 is 0 Å². The van der Waals surface area contributed by atoms with Crippen LogP contribution in [0.5, 0.6) is 0 Å². The predicted molar refractivity (Wildman–Crippen MR) is 175 cm³/mol. The van der Waals surface area contributed by atoms with E-state index in [-0.39, 0.29) is 23.3 Å². The molecule has 1 fully saturated rings. The molecule has 45 heavy (non-hydrogen) atoms. The number of carbonyl (C=O) groups is 2. The number of nitrogens with zero attached hydrogens (tertiary/aromatic N) is 4. The van der Waals surface area contributed by atoms with Crippen molar-refractivity contribution in [1.82, 2.24) is 19.1 Å². The fourth-order valence-corrected chi connectivity index (χ4v) is 9.25. The van der Waals surface area contributed by atoms with Crippen LogP contribution in [0.15, 0.2) is 34.3 Å². The molecule has 1 saturated heterocycles. The lowest BCUT2D eigenvalue weighted by molar-refractivity contribution is -0.115. The Balaban J connectivity index is 1.39. The number of hydrogen-bond donors (Lipinski definition) is 1. The maximum Gasteiger partial charge on any atom is 0.341 e. The molecule has 5 rings (SSSR count). The summed E-state index contributed by atoms with van der Waals surface area (Å²) in [5, 5.41) is 12.4. The number of aromatic nitrogens is 3. The minimum Gasteiger partial charge on any atom is -0.462 e. The van der Waals surface area contributed by atoms with Crippen LogP contribution in [0.3, 0.4) is 0 Å². The normalized spacial score (nSPS) is 18.0. The van der Waals surface area contributed by atoms with Crippen LogP contribution in [0.1, 0.15) is 61.8 Å². The molecule has 0 unspecified atom stereocenters. The summed E-state index contributed by atoms with van der Waals surface area (Å²) < 4.78 is 40.8. The van der Waals surface area contributed by atoms with E-state index in [2.05, 4.69) is 36.3 Å². The summed E-state index contributed by atoms with van der Waals surface area (Å²) >= 11 is 2.74. The molecule has 1 aliphatic heterocycles. The Labute approximate surface area is 273 Å². The number of thiophene rings is 1. The predicted octanol–water partition coefficient (Wildman–Crippen LogP) is 5.10. The number of carbonyl (C=O) groups excluding carboxylic acids is 2. The lowest BCUT2D eigenvalue weighted by Crippen LogP contribution is -2.40. The second kappa shape index (κ2) is 14.3. The Morgan fingerprint density at radius 1 is 1.20 bits per heavy atom. The number of fused-ring (bicyclic) bond motifs is 1. The van der Waals surface area contributed by atoms with Gasteiger partial charge < -0.3 is 19.4 Å². The third-order valence-corrected chi connectivity index (χ3v) is 12.0. The average molecular weight is 676 g/mol. The second-order valence-electron chi connectivity index (χ2n) is 11.9. The quantitative estimate of drug-likeness (QED) is 0.218. The van der Waals surface area contributed by atoms with Gasteiger partial charge in [0.2, 0.25) is 15.9 Å². The van der Waals surface area contributed by atoms with Crippen LogP contribution in [-0.4, -0.2) is 77.5 Å². The first-order valence-corrected chi connectivity index (χ1v) is 18.5. The highest BCUT2D eigenvalue weighted by atomic mass is 32.2. The zero-order valence-electron chi connectivity index (χ0n) is 26.4. The van der Waals surface area contributed by atoms with E-state index in [1.807, 2.05) is 10.6 Å². The number of benzene rings is 1. The Morgan fingerprint density at radius 3 is 2.67 bits per heavy atom. The molecule has 1 aromatic carbocycles. The third-order valence-electron chi connectivity index (χ3n) is 7.84. The number of rotatable bonds is 11. The van der Waals surface area contributed by atoms with Gasteiger partial charge in [0.15, 0.2) is 11.0 Å². The standard InChI is InChI=1S/C31H41N5O6S3/c1-6-42-30(38)26-24-11-10-20(4)16-25(24)44-29(26)32-28(37)21(5)43-31-34-33-27(36(31)18-19(2)3)22-8-7-9-23(17-22)45(39,40)35-12-14-41-15-13-35/h7-9,17,19-21H,6,10-16,18H2,1-5H3,(H,32,37)/t20-,21-/m0/s1. The van der Waals surface area contributed by atoms with Crippen molar-refractivity contribution in [3.05, 3.63) is 40.3 Å². The van der Waals surface area contributed by atoms with Gasteiger partial charge in [-0.15, -0.1) is 21.5 Å². The Bertz CT molecular complexity index is 1640. The SMILES string of the molecule is CCOC(=O)c1c(NC(=O)[C@H](C)Sc2nnc(-c3cccc(S(=O)(=O)N4CCOCC4)c3)n2CC(C)C)sc2c1CC[C@H](C)C2. The van der Waals surface area contributed by atoms with Gasteiger partial charge >= 0.3 is 5.97 Å². The molecule has 0 bridgehead atoms. The molecule has 0 saturated carbocycles. The molecule has 1 aliphatic carbocycles. The molecule has 1 N–H and O–H groups in total. The van der Waals surface area contributed by atoms with E-state index in [4.69, 9.17) is 9.47 Å². The molecule has 0 radical (unpaired) electrons. The van der Waals surface area contributed by atoms with Crippen molar-refractivity contribution < 1.29 is 27.5 Å². The smallest absolute Gasteiger partial charge is 0.341 e. The number of thioether (sulfide) groups is 1. The highest BCUT2D eigenvalue weighted by Gasteiger charge is 2.31. The van der Waals surface area contributed by atoms with Gasteiger partial charge in [0.1, 0.15) is 5.00 Å². The maximum atomic E-state index is 13.5. The van der Waals surface area contributed by atoms with E-state index in [9.17, 15) is 18.0 Å². The number of anilines is 1. The number of morpholine rings is 1. The highest BCUT2D eigenvalue weighted by Crippen LogP contribution is 2.40. The van der Waals surface area contributed by atoms with Gasteiger partial charge in [-0.2, -0.15) is 4.31 Å². The number of ether oxygens (including phenoxy) is 2. The Hall–Kier alpha value is -2.78. The average Bonchev–Trinajstić information content (AvgIpc) is 3.57. The summed E-state index contributed by atoms with van der Waals surface area (Å²) in [4.78, 5) is 27.8. The first kappa shape index (κ1) is 33.6. The van der Waals surface area contributed by atoms with Crippen LogP contribution < -0.4 is 5.32 Å². The molecule has 0 spiro atoms. The van der Waals surface area contributed by atoms with Gasteiger partial charge in [-0.05, 0) is 62.6 Å². The molecule has 1 amide bonds. The minimum atomic E-state index is -3.69. The summed E-state index contributed by atoms with van der Waals surface area (Å²) in [6.45, 7) is 12.1. The monoisotopic (exact) mass is 675 g/mol. The van der Waals surface area contributed by atoms with E-state index in [1.165, 1.54) is 27.4 Å². The van der Waals surface area contributed by atoms with Crippen molar-refractivity contribution in [2.75, 3.05) is 38.2 Å². The topological polar surface area (TPSA) is 133 Å². The van der Waals surface area contributed by atoms with Crippen molar-refractivity contribution in [1.29, 1.82) is 0 Å². The van der Waals surface area contributed by atoms with Crippen molar-refractivity contribution in [3.63, 3.8) is 0 Å². The van der Waals surface area contributed by atoms with E-state index in [0.717, 1.165) is 29.7 Å². The second-order valence-corrected chi connectivity index (χ2v) is 16.2. The van der Waals surface area contributed by atoms with Gasteiger partial charge in [0.05, 0.1) is 35.5 Å². The third kappa shape index (κ3) is 7.46. The number of nitrogens with one attached hydrogen (secondary N) is 1. The van der Waals surface area contributed by atoms with Crippen LogP contribution in [0, 0.1) is 11.8 Å². The molecule has 14 heteroatoms. The molecular formula is C31H41N5O6S3. The fraction of sp³-hybridized carbons (Fsp3) is 0.548. The van der Waals surface area contributed by atoms with Gasteiger partial charge in [-0.1, -0.05) is 44.7 Å². The van der Waals surface area contributed by atoms with Crippen LogP contribution in [-0.2, 0) is 43.7 Å². The van der Waals surface area contributed by atoms with Gasteiger partial charge in [-0.25, -0.2) is 13.2 Å². The molecule has 11 nitrogen and oxygen atoms in total. The summed E-state index contributed by atoms with van der Waals surface area (Å²) in [7, 11) is -3.69. The summed E-state index contributed by atoms with van der Waals surface area (Å²) in [5.74, 6) is 0.625. The molecule has 3 heterocycles. The number of hydrogen-bond acceptors (Lipinski definition) is 10. The zero-order valence-corrected chi connectivity index (χ0v) is 28.8. The lowest BCUT2D eigenvalue weighted by atomic mass is 9.88. The number of amides is 1.